The first-order valence-electron chi connectivity index (χ1n) is 9.64. The minimum Gasteiger partial charge on any atom is -0.494 e. The monoisotopic (exact) mass is 357 g/mol. The van der Waals surface area contributed by atoms with Gasteiger partial charge in [-0.3, -0.25) is 4.90 Å². The van der Waals surface area contributed by atoms with Gasteiger partial charge in [-0.1, -0.05) is 12.1 Å². The van der Waals surface area contributed by atoms with E-state index in [9.17, 15) is 5.11 Å². The number of piperidine rings is 1. The lowest BCUT2D eigenvalue weighted by Crippen LogP contribution is -2.36. The molecule has 1 atom stereocenters. The molecule has 4 rings (SSSR count). The largest absolute Gasteiger partial charge is 0.494 e. The average Bonchev–Trinajstić information content (AvgIpc) is 3.42. The van der Waals surface area contributed by atoms with Crippen LogP contribution in [-0.2, 0) is 6.54 Å². The van der Waals surface area contributed by atoms with E-state index in [1.54, 1.807) is 0 Å². The molecule has 1 aliphatic carbocycles. The third-order valence-corrected chi connectivity index (χ3v) is 5.43. The molecule has 0 amide bonds. The zero-order chi connectivity index (χ0) is 17.9. The van der Waals surface area contributed by atoms with E-state index in [0.29, 0.717) is 18.6 Å². The van der Waals surface area contributed by atoms with Crippen LogP contribution in [0.1, 0.15) is 56.1 Å². The maximum absolute atomic E-state index is 10.7. The Morgan fingerprint density at radius 1 is 1.15 bits per heavy atom. The molecule has 2 heterocycles. The van der Waals surface area contributed by atoms with Crippen molar-refractivity contribution >= 4 is 0 Å². The number of tetrazole rings is 1. The molecular weight excluding hydrogens is 330 g/mol. The van der Waals surface area contributed by atoms with Crippen molar-refractivity contribution in [2.75, 3.05) is 19.7 Å². The van der Waals surface area contributed by atoms with Gasteiger partial charge in [0, 0.05) is 0 Å². The summed E-state index contributed by atoms with van der Waals surface area (Å²) in [7, 11) is 0. The lowest BCUT2D eigenvalue weighted by atomic mass is 9.87. The second-order valence-corrected chi connectivity index (χ2v) is 7.33. The van der Waals surface area contributed by atoms with Gasteiger partial charge in [0.05, 0.1) is 25.3 Å². The summed E-state index contributed by atoms with van der Waals surface area (Å²) in [5.74, 6) is 2.12. The van der Waals surface area contributed by atoms with E-state index in [0.717, 1.165) is 49.6 Å². The quantitative estimate of drug-likeness (QED) is 0.820. The van der Waals surface area contributed by atoms with Crippen molar-refractivity contribution in [1.29, 1.82) is 0 Å². The molecule has 140 valence electrons. The highest BCUT2D eigenvalue weighted by Gasteiger charge is 2.30. The third kappa shape index (κ3) is 3.88. The van der Waals surface area contributed by atoms with Crippen LogP contribution in [0.4, 0.5) is 0 Å². The van der Waals surface area contributed by atoms with Crippen LogP contribution >= 0.6 is 0 Å². The summed E-state index contributed by atoms with van der Waals surface area (Å²) in [6.07, 6.45) is 3.94. The number of ether oxygens (including phenoxy) is 1. The van der Waals surface area contributed by atoms with E-state index in [1.165, 1.54) is 12.8 Å². The molecule has 1 aromatic heterocycles. The smallest absolute Gasteiger partial charge is 0.165 e. The van der Waals surface area contributed by atoms with E-state index in [1.807, 2.05) is 35.9 Å². The summed E-state index contributed by atoms with van der Waals surface area (Å²) < 4.78 is 7.46. The molecule has 1 N–H and O–H groups in total. The Bertz CT molecular complexity index is 705. The van der Waals surface area contributed by atoms with Crippen LogP contribution in [0.5, 0.6) is 5.75 Å². The summed E-state index contributed by atoms with van der Waals surface area (Å²) >= 11 is 0. The predicted molar refractivity (Wildman–Crippen MR) is 96.7 cm³/mol. The van der Waals surface area contributed by atoms with E-state index in [2.05, 4.69) is 20.4 Å². The molecule has 1 saturated carbocycles. The predicted octanol–water partition coefficient (Wildman–Crippen LogP) is 2.35. The van der Waals surface area contributed by atoms with Crippen LogP contribution in [0, 0.1) is 5.92 Å². The Kier molecular flexibility index (Phi) is 5.17. The molecule has 2 aliphatic rings. The molecule has 0 radical (unpaired) electrons. The average molecular weight is 357 g/mol. The number of aliphatic hydroxyl groups excluding tert-OH is 1. The highest BCUT2D eigenvalue weighted by atomic mass is 16.5. The second-order valence-electron chi connectivity index (χ2n) is 7.33. The molecule has 7 nitrogen and oxygen atoms in total. The first kappa shape index (κ1) is 17.4. The van der Waals surface area contributed by atoms with Crippen molar-refractivity contribution in [2.24, 2.45) is 5.92 Å². The van der Waals surface area contributed by atoms with Gasteiger partial charge in [-0.25, -0.2) is 4.68 Å². The van der Waals surface area contributed by atoms with E-state index < -0.39 is 6.10 Å². The van der Waals surface area contributed by atoms with Crippen molar-refractivity contribution in [1.82, 2.24) is 25.1 Å². The Balaban J connectivity index is 1.30. The molecule has 2 aromatic rings. The Morgan fingerprint density at radius 2 is 1.88 bits per heavy atom. The molecule has 0 spiro atoms. The third-order valence-electron chi connectivity index (χ3n) is 5.43. The number of aromatic nitrogens is 4. The summed E-state index contributed by atoms with van der Waals surface area (Å²) in [4.78, 5) is 2.39. The zero-order valence-corrected chi connectivity index (χ0v) is 15.3. The summed E-state index contributed by atoms with van der Waals surface area (Å²) in [6, 6.07) is 8.35. The molecule has 26 heavy (non-hydrogen) atoms. The van der Waals surface area contributed by atoms with Gasteiger partial charge in [-0.15, -0.1) is 5.10 Å². The summed E-state index contributed by atoms with van der Waals surface area (Å²) in [6.45, 7) is 5.37. The molecule has 1 aromatic carbocycles. The molecule has 0 bridgehead atoms. The number of nitrogens with zero attached hydrogens (tertiary/aromatic N) is 5. The molecule has 2 fully saturated rings. The van der Waals surface area contributed by atoms with Gasteiger partial charge < -0.3 is 9.84 Å². The maximum Gasteiger partial charge on any atom is 0.165 e. The number of hydrogen-bond donors (Lipinski definition) is 1. The van der Waals surface area contributed by atoms with Gasteiger partial charge in [0.15, 0.2) is 5.82 Å². The van der Waals surface area contributed by atoms with Crippen molar-refractivity contribution in [3.8, 4) is 5.75 Å². The standard InChI is InChI=1S/C19H27N5O2/c1-2-26-17-7-3-14(4-8-17)19(25)15-9-11-23(12-10-15)13-18-20-21-22-24(18)16-5-6-16/h3-4,7-8,15-16,19,25H,2,5-6,9-13H2,1H3. The van der Waals surface area contributed by atoms with Gasteiger partial charge in [0.2, 0.25) is 0 Å². The van der Waals surface area contributed by atoms with Gasteiger partial charge in [0.1, 0.15) is 5.75 Å². The van der Waals surface area contributed by atoms with Crippen LogP contribution in [0.15, 0.2) is 24.3 Å². The number of rotatable bonds is 7. The highest BCUT2D eigenvalue weighted by molar-refractivity contribution is 5.28. The molecule has 7 heteroatoms. The fourth-order valence-corrected chi connectivity index (χ4v) is 3.75. The minimum absolute atomic E-state index is 0.295. The van der Waals surface area contributed by atoms with Gasteiger partial charge >= 0.3 is 0 Å². The van der Waals surface area contributed by atoms with E-state index >= 15 is 0 Å². The number of benzene rings is 1. The minimum atomic E-state index is -0.412. The van der Waals surface area contributed by atoms with E-state index in [4.69, 9.17) is 4.74 Å². The molecule has 1 unspecified atom stereocenters. The normalized spacial score (nSPS) is 20.2. The first-order chi connectivity index (χ1) is 12.7. The SMILES string of the molecule is CCOc1ccc(C(O)C2CCN(Cc3nnnn3C3CC3)CC2)cc1. The van der Waals surface area contributed by atoms with Crippen LogP contribution in [0.3, 0.4) is 0 Å². The topological polar surface area (TPSA) is 76.3 Å². The first-order valence-corrected chi connectivity index (χ1v) is 9.64. The van der Waals surface area contributed by atoms with Gasteiger partial charge in [-0.2, -0.15) is 0 Å². The fourth-order valence-electron chi connectivity index (χ4n) is 3.75. The van der Waals surface area contributed by atoms with E-state index in [-0.39, 0.29) is 0 Å². The van der Waals surface area contributed by atoms with Crippen LogP contribution in [0.2, 0.25) is 0 Å². The van der Waals surface area contributed by atoms with Crippen LogP contribution < -0.4 is 4.74 Å². The molecular formula is C19H27N5O2. The Labute approximate surface area is 154 Å². The zero-order valence-electron chi connectivity index (χ0n) is 15.3. The van der Waals surface area contributed by atoms with Crippen molar-refractivity contribution in [2.45, 2.75) is 51.3 Å². The summed E-state index contributed by atoms with van der Waals surface area (Å²) in [5.41, 5.74) is 0.976. The number of aliphatic hydroxyl groups is 1. The van der Waals surface area contributed by atoms with Gasteiger partial charge in [-0.05, 0) is 79.7 Å². The highest BCUT2D eigenvalue weighted by Crippen LogP contribution is 2.35. The van der Waals surface area contributed by atoms with Crippen molar-refractivity contribution < 1.29 is 9.84 Å². The summed E-state index contributed by atoms with van der Waals surface area (Å²) in [5, 5.41) is 22.9. The second kappa shape index (κ2) is 7.72. The lowest BCUT2D eigenvalue weighted by molar-refractivity contribution is 0.0556. The van der Waals surface area contributed by atoms with Crippen molar-refractivity contribution in [3.05, 3.63) is 35.7 Å². The number of hydrogen-bond acceptors (Lipinski definition) is 6. The fraction of sp³-hybridized carbons (Fsp3) is 0.632. The van der Waals surface area contributed by atoms with Crippen LogP contribution in [-0.4, -0.2) is 49.9 Å². The number of likely N-dealkylation sites (tertiary alicyclic amines) is 1. The Hall–Kier alpha value is -1.99. The molecule has 1 aliphatic heterocycles. The lowest BCUT2D eigenvalue weighted by Gasteiger charge is -2.34. The van der Waals surface area contributed by atoms with Gasteiger partial charge in [0.25, 0.3) is 0 Å². The Morgan fingerprint density at radius 3 is 2.54 bits per heavy atom. The van der Waals surface area contributed by atoms with Crippen molar-refractivity contribution in [3.63, 3.8) is 0 Å². The molecule has 1 saturated heterocycles. The maximum atomic E-state index is 10.7. The van der Waals surface area contributed by atoms with Crippen LogP contribution in [0.25, 0.3) is 0 Å².